The van der Waals surface area contributed by atoms with E-state index in [1.807, 2.05) is 63.5 Å². The topological polar surface area (TPSA) is 76.0 Å². The van der Waals surface area contributed by atoms with Gasteiger partial charge in [-0.1, -0.05) is 12.2 Å². The third-order valence-corrected chi connectivity index (χ3v) is 5.29. The quantitative estimate of drug-likeness (QED) is 0.588. The number of nitrogens with zero attached hydrogens (tertiary/aromatic N) is 3. The second kappa shape index (κ2) is 7.52. The summed E-state index contributed by atoms with van der Waals surface area (Å²) in [6, 6.07) is 5.41. The Morgan fingerprint density at radius 2 is 1.75 bits per heavy atom. The maximum absolute atomic E-state index is 11.2. The van der Waals surface area contributed by atoms with E-state index in [1.165, 1.54) is 0 Å². The molecule has 0 aromatic heterocycles. The van der Waals surface area contributed by atoms with Crippen molar-refractivity contribution in [2.24, 2.45) is 4.99 Å². The highest BCUT2D eigenvalue weighted by Gasteiger charge is 2.11. The zero-order valence-electron chi connectivity index (χ0n) is 14.0. The third kappa shape index (κ3) is 5.20. The fraction of sp³-hybridized carbons (Fsp3) is 0.312. The summed E-state index contributed by atoms with van der Waals surface area (Å²) in [5.74, 6) is 0. The van der Waals surface area contributed by atoms with Crippen LogP contribution >= 0.6 is 10.8 Å². The van der Waals surface area contributed by atoms with Crippen molar-refractivity contribution in [3.63, 3.8) is 0 Å². The predicted molar refractivity (Wildman–Crippen MR) is 99.2 cm³/mol. The minimum absolute atomic E-state index is 0.205. The Bertz CT molecular complexity index is 781. The van der Waals surface area contributed by atoms with Crippen LogP contribution in [0, 0.1) is 0 Å². The first-order valence-electron chi connectivity index (χ1n) is 7.24. The van der Waals surface area contributed by atoms with Gasteiger partial charge in [-0.15, -0.1) is 0 Å². The third-order valence-electron chi connectivity index (χ3n) is 3.43. The molecule has 0 fully saturated rings. The number of rotatable bonds is 5. The summed E-state index contributed by atoms with van der Waals surface area (Å²) in [4.78, 5) is 8.69. The van der Waals surface area contributed by atoms with Crippen molar-refractivity contribution < 1.29 is 13.0 Å². The zero-order valence-corrected chi connectivity index (χ0v) is 15.6. The first kappa shape index (κ1) is 18.7. The lowest BCUT2D eigenvalue weighted by molar-refractivity contribution is 0.391. The van der Waals surface area contributed by atoms with Gasteiger partial charge in [-0.25, -0.2) is 13.4 Å². The molecule has 1 aromatic carbocycles. The number of anilines is 1. The highest BCUT2D eigenvalue weighted by molar-refractivity contribution is 8.69. The van der Waals surface area contributed by atoms with E-state index in [2.05, 4.69) is 9.89 Å². The van der Waals surface area contributed by atoms with Gasteiger partial charge in [0.1, 0.15) is 0 Å². The molecule has 0 saturated heterocycles. The molecule has 0 heterocycles. The fourth-order valence-corrected chi connectivity index (χ4v) is 3.77. The van der Waals surface area contributed by atoms with Crippen LogP contribution in [0.15, 0.2) is 52.4 Å². The molecular weight excluding hydrogens is 346 g/mol. The Kier molecular flexibility index (Phi) is 5.87. The van der Waals surface area contributed by atoms with E-state index in [9.17, 15) is 13.0 Å². The van der Waals surface area contributed by atoms with E-state index < -0.39 is 9.15 Å². The van der Waals surface area contributed by atoms with Gasteiger partial charge in [-0.05, 0) is 55.2 Å². The number of benzene rings is 1. The smallest absolute Gasteiger partial charge is 0.153 e. The van der Waals surface area contributed by atoms with Crippen LogP contribution in [0.4, 0.5) is 11.4 Å². The van der Waals surface area contributed by atoms with Crippen molar-refractivity contribution in [2.75, 3.05) is 33.1 Å². The molecule has 0 unspecified atom stereocenters. The Morgan fingerprint density at radius 3 is 2.25 bits per heavy atom. The molecule has 0 amide bonds. The normalized spacial score (nSPS) is 17.4. The van der Waals surface area contributed by atoms with Crippen LogP contribution in [0.3, 0.4) is 0 Å². The minimum Gasteiger partial charge on any atom is -0.739 e. The number of hydrogen-bond acceptors (Lipinski definition) is 7. The summed E-state index contributed by atoms with van der Waals surface area (Å²) in [6.07, 6.45) is 7.77. The van der Waals surface area contributed by atoms with Crippen LogP contribution in [-0.4, -0.2) is 57.8 Å². The van der Waals surface area contributed by atoms with E-state index in [0.717, 1.165) is 5.69 Å². The standard InChI is InChI=1S/C16H21N3O3S2/c1-18(2)13-7-5-12(6-8-13)17-15-10-9-14(19(3)4)11-16(15)23-24(20,21)22/h5-11,13H,1-4H3,(H,20,21,22)/p-1. The van der Waals surface area contributed by atoms with E-state index in [1.54, 1.807) is 12.1 Å². The molecule has 24 heavy (non-hydrogen) atoms. The van der Waals surface area contributed by atoms with Gasteiger partial charge < -0.3 is 9.45 Å². The number of hydrogen-bond donors (Lipinski definition) is 0. The molecule has 6 nitrogen and oxygen atoms in total. The molecule has 0 aliphatic heterocycles. The highest BCUT2D eigenvalue weighted by atomic mass is 33.1. The molecule has 0 saturated carbocycles. The molecule has 1 aliphatic rings. The Morgan fingerprint density at radius 1 is 1.12 bits per heavy atom. The Balaban J connectivity index is 2.38. The summed E-state index contributed by atoms with van der Waals surface area (Å²) >= 11 is 0. The maximum Gasteiger partial charge on any atom is 0.153 e. The van der Waals surface area contributed by atoms with Crippen LogP contribution in [0.1, 0.15) is 0 Å². The molecule has 0 bridgehead atoms. The van der Waals surface area contributed by atoms with Gasteiger partial charge in [0, 0.05) is 30.7 Å². The second-order valence-corrected chi connectivity index (χ2v) is 8.89. The highest BCUT2D eigenvalue weighted by Crippen LogP contribution is 2.36. The van der Waals surface area contributed by atoms with Gasteiger partial charge in [0.15, 0.2) is 9.15 Å². The first-order chi connectivity index (χ1) is 11.2. The van der Waals surface area contributed by atoms with Gasteiger partial charge >= 0.3 is 0 Å². The summed E-state index contributed by atoms with van der Waals surface area (Å²) in [6.45, 7) is 0. The number of aliphatic imine (C=N–C) groups is 1. The SMILES string of the molecule is CN(C)c1ccc(N=C2C=CC(N(C)C)C=C2)c(SS(=O)(=O)[O-])c1. The summed E-state index contributed by atoms with van der Waals surface area (Å²) in [5, 5.41) is 0. The molecule has 0 radical (unpaired) electrons. The van der Waals surface area contributed by atoms with Crippen molar-refractivity contribution in [1.82, 2.24) is 4.90 Å². The van der Waals surface area contributed by atoms with Crippen LogP contribution in [-0.2, 0) is 9.15 Å². The van der Waals surface area contributed by atoms with Crippen molar-refractivity contribution in [3.05, 3.63) is 42.5 Å². The molecule has 0 atom stereocenters. The summed E-state index contributed by atoms with van der Waals surface area (Å²) in [7, 11) is 3.46. The van der Waals surface area contributed by atoms with Crippen LogP contribution in [0.5, 0.6) is 0 Å². The van der Waals surface area contributed by atoms with Gasteiger partial charge in [0.25, 0.3) is 0 Å². The van der Waals surface area contributed by atoms with E-state index in [0.29, 0.717) is 16.3 Å². The summed E-state index contributed by atoms with van der Waals surface area (Å²) in [5.41, 5.74) is 1.96. The van der Waals surface area contributed by atoms with Crippen LogP contribution < -0.4 is 4.90 Å². The molecular formula is C16H20N3O3S2-. The molecule has 130 valence electrons. The van der Waals surface area contributed by atoms with E-state index in [-0.39, 0.29) is 16.8 Å². The molecule has 8 heteroatoms. The molecule has 1 aliphatic carbocycles. The largest absolute Gasteiger partial charge is 0.739 e. The number of likely N-dealkylation sites (N-methyl/N-ethyl adjacent to an activating group) is 1. The molecule has 2 rings (SSSR count). The Labute approximate surface area is 146 Å². The average molecular weight is 366 g/mol. The predicted octanol–water partition coefficient (Wildman–Crippen LogP) is 2.43. The lowest BCUT2D eigenvalue weighted by Gasteiger charge is -2.19. The van der Waals surface area contributed by atoms with Crippen molar-refractivity contribution in [3.8, 4) is 0 Å². The van der Waals surface area contributed by atoms with Gasteiger partial charge in [0.2, 0.25) is 0 Å². The van der Waals surface area contributed by atoms with Crippen molar-refractivity contribution in [1.29, 1.82) is 0 Å². The Hall–Kier alpha value is -1.61. The first-order valence-corrected chi connectivity index (χ1v) is 9.98. The van der Waals surface area contributed by atoms with E-state index >= 15 is 0 Å². The van der Waals surface area contributed by atoms with Gasteiger partial charge in [0.05, 0.1) is 11.4 Å². The molecule has 0 N–H and O–H groups in total. The average Bonchev–Trinajstić information content (AvgIpc) is 2.48. The van der Waals surface area contributed by atoms with Gasteiger partial charge in [-0.2, -0.15) is 0 Å². The molecule has 1 aromatic rings. The van der Waals surface area contributed by atoms with Crippen LogP contribution in [0.2, 0.25) is 0 Å². The lowest BCUT2D eigenvalue weighted by Crippen LogP contribution is -2.25. The number of allylic oxidation sites excluding steroid dienone is 2. The molecule has 0 spiro atoms. The minimum atomic E-state index is -4.47. The monoisotopic (exact) mass is 366 g/mol. The van der Waals surface area contributed by atoms with Crippen molar-refractivity contribution >= 4 is 37.0 Å². The van der Waals surface area contributed by atoms with Crippen molar-refractivity contribution in [2.45, 2.75) is 10.9 Å². The fourth-order valence-electron chi connectivity index (χ4n) is 2.12. The van der Waals surface area contributed by atoms with Gasteiger partial charge in [-0.3, -0.25) is 4.90 Å². The zero-order chi connectivity index (χ0) is 17.9. The van der Waals surface area contributed by atoms with Crippen LogP contribution in [0.25, 0.3) is 0 Å². The maximum atomic E-state index is 11.2. The summed E-state index contributed by atoms with van der Waals surface area (Å²) < 4.78 is 33.5. The lowest BCUT2D eigenvalue weighted by atomic mass is 10.1. The van der Waals surface area contributed by atoms with E-state index in [4.69, 9.17) is 0 Å². The second-order valence-electron chi connectivity index (χ2n) is 5.75.